The minimum absolute atomic E-state index is 0.0721. The highest BCUT2D eigenvalue weighted by Crippen LogP contribution is 2.26. The van der Waals surface area contributed by atoms with E-state index in [2.05, 4.69) is 20.8 Å². The van der Waals surface area contributed by atoms with Crippen LogP contribution in [0.3, 0.4) is 0 Å². The van der Waals surface area contributed by atoms with E-state index in [0.717, 1.165) is 5.75 Å². The summed E-state index contributed by atoms with van der Waals surface area (Å²) in [7, 11) is 3.18. The summed E-state index contributed by atoms with van der Waals surface area (Å²) in [5, 5.41) is 15.2. The molecule has 1 heterocycles. The number of methoxy groups -OCH3 is 2. The lowest BCUT2D eigenvalue weighted by Crippen LogP contribution is -2.33. The first-order chi connectivity index (χ1) is 16.9. The minimum atomic E-state index is -0.348. The Bertz CT molecular complexity index is 1130. The van der Waals surface area contributed by atoms with Crippen LogP contribution >= 0.6 is 11.8 Å². The van der Waals surface area contributed by atoms with Gasteiger partial charge in [0.15, 0.2) is 11.0 Å². The predicted molar refractivity (Wildman–Crippen MR) is 136 cm³/mol. The van der Waals surface area contributed by atoms with Gasteiger partial charge in [-0.1, -0.05) is 25.6 Å². The largest absolute Gasteiger partial charge is 0.497 e. The van der Waals surface area contributed by atoms with Crippen LogP contribution in [-0.2, 0) is 11.3 Å². The Kier molecular flexibility index (Phi) is 9.13. The van der Waals surface area contributed by atoms with E-state index in [1.54, 1.807) is 62.8 Å². The topological polar surface area (TPSA) is 107 Å². The normalized spacial score (nSPS) is 11.7. The Morgan fingerprint density at radius 2 is 1.57 bits per heavy atom. The number of amides is 2. The number of aromatic nitrogens is 3. The molecule has 0 aliphatic rings. The first-order valence-corrected chi connectivity index (χ1v) is 12.3. The number of anilines is 1. The van der Waals surface area contributed by atoms with E-state index in [0.29, 0.717) is 34.5 Å². The molecule has 1 unspecified atom stereocenters. The Morgan fingerprint density at radius 1 is 0.971 bits per heavy atom. The van der Waals surface area contributed by atoms with Crippen molar-refractivity contribution in [3.63, 3.8) is 0 Å². The van der Waals surface area contributed by atoms with Crippen LogP contribution in [0.5, 0.6) is 11.5 Å². The number of carbonyl (C=O) groups is 2. The van der Waals surface area contributed by atoms with Crippen molar-refractivity contribution in [3.05, 3.63) is 59.9 Å². The molecular weight excluding hydrogens is 466 g/mol. The smallest absolute Gasteiger partial charge is 0.251 e. The molecule has 1 atom stereocenters. The third-order valence-corrected chi connectivity index (χ3v) is 6.32. The van der Waals surface area contributed by atoms with Crippen molar-refractivity contribution in [1.29, 1.82) is 0 Å². The van der Waals surface area contributed by atoms with Gasteiger partial charge in [-0.3, -0.25) is 9.59 Å². The maximum absolute atomic E-state index is 12.9. The number of hydrogen-bond donors (Lipinski definition) is 2. The Morgan fingerprint density at radius 3 is 2.11 bits per heavy atom. The van der Waals surface area contributed by atoms with Gasteiger partial charge in [0.2, 0.25) is 5.91 Å². The maximum atomic E-state index is 12.9. The van der Waals surface area contributed by atoms with Crippen molar-refractivity contribution in [3.8, 4) is 11.5 Å². The molecule has 9 nitrogen and oxygen atoms in total. The van der Waals surface area contributed by atoms with Gasteiger partial charge in [0.1, 0.15) is 11.5 Å². The SMILES string of the molecule is CCn1c(SCC(=O)Nc2ccc(OC)cc2)nnc1C(NC(=O)c1ccc(OC)cc1)C(C)C. The Labute approximate surface area is 209 Å². The summed E-state index contributed by atoms with van der Waals surface area (Å²) in [6.45, 7) is 6.62. The molecule has 0 aliphatic heterocycles. The second kappa shape index (κ2) is 12.3. The first kappa shape index (κ1) is 26.1. The fraction of sp³-hybridized carbons (Fsp3) is 0.360. The van der Waals surface area contributed by atoms with Gasteiger partial charge in [-0.05, 0) is 61.4 Å². The summed E-state index contributed by atoms with van der Waals surface area (Å²) in [6.07, 6.45) is 0. The third-order valence-electron chi connectivity index (χ3n) is 5.35. The van der Waals surface area contributed by atoms with Crippen molar-refractivity contribution < 1.29 is 19.1 Å². The lowest BCUT2D eigenvalue weighted by Gasteiger charge is -2.22. The van der Waals surface area contributed by atoms with E-state index in [9.17, 15) is 9.59 Å². The maximum Gasteiger partial charge on any atom is 0.251 e. The highest BCUT2D eigenvalue weighted by molar-refractivity contribution is 7.99. The minimum Gasteiger partial charge on any atom is -0.497 e. The molecule has 2 N–H and O–H groups in total. The summed E-state index contributed by atoms with van der Waals surface area (Å²) >= 11 is 1.30. The van der Waals surface area contributed by atoms with Gasteiger partial charge in [-0.2, -0.15) is 0 Å². The molecule has 0 radical (unpaired) electrons. The van der Waals surface area contributed by atoms with Crippen LogP contribution in [0.15, 0.2) is 53.7 Å². The van der Waals surface area contributed by atoms with Crippen LogP contribution in [0, 0.1) is 5.92 Å². The van der Waals surface area contributed by atoms with E-state index in [-0.39, 0.29) is 29.5 Å². The van der Waals surface area contributed by atoms with E-state index in [4.69, 9.17) is 9.47 Å². The first-order valence-electron chi connectivity index (χ1n) is 11.3. The van der Waals surface area contributed by atoms with Gasteiger partial charge in [0.25, 0.3) is 5.91 Å². The highest BCUT2D eigenvalue weighted by atomic mass is 32.2. The molecule has 0 bridgehead atoms. The van der Waals surface area contributed by atoms with E-state index < -0.39 is 0 Å². The van der Waals surface area contributed by atoms with Gasteiger partial charge >= 0.3 is 0 Å². The van der Waals surface area contributed by atoms with Crippen LogP contribution in [0.2, 0.25) is 0 Å². The van der Waals surface area contributed by atoms with Crippen LogP contribution in [0.4, 0.5) is 5.69 Å². The van der Waals surface area contributed by atoms with Gasteiger partial charge in [0.05, 0.1) is 26.0 Å². The zero-order chi connectivity index (χ0) is 25.4. The van der Waals surface area contributed by atoms with Gasteiger partial charge < -0.3 is 24.7 Å². The monoisotopic (exact) mass is 497 g/mol. The molecule has 2 amide bonds. The summed E-state index contributed by atoms with van der Waals surface area (Å²) in [5.41, 5.74) is 1.22. The van der Waals surface area contributed by atoms with E-state index in [1.807, 2.05) is 25.3 Å². The number of thioether (sulfide) groups is 1. The highest BCUT2D eigenvalue weighted by Gasteiger charge is 2.26. The summed E-state index contributed by atoms with van der Waals surface area (Å²) < 4.78 is 12.2. The number of ether oxygens (including phenoxy) is 2. The predicted octanol–water partition coefficient (Wildman–Crippen LogP) is 4.17. The molecule has 3 rings (SSSR count). The zero-order valence-corrected chi connectivity index (χ0v) is 21.4. The van der Waals surface area contributed by atoms with E-state index in [1.165, 1.54) is 11.8 Å². The molecular formula is C25H31N5O4S. The third kappa shape index (κ3) is 6.75. The molecule has 3 aromatic rings. The number of nitrogens with one attached hydrogen (secondary N) is 2. The summed E-state index contributed by atoms with van der Waals surface area (Å²) in [6, 6.07) is 13.7. The molecule has 1 aromatic heterocycles. The lowest BCUT2D eigenvalue weighted by atomic mass is 10.0. The molecule has 35 heavy (non-hydrogen) atoms. The molecule has 0 spiro atoms. The molecule has 10 heteroatoms. The fourth-order valence-electron chi connectivity index (χ4n) is 3.43. The van der Waals surface area contributed by atoms with Gasteiger partial charge in [0, 0.05) is 17.8 Å². The second-order valence-corrected chi connectivity index (χ2v) is 9.02. The van der Waals surface area contributed by atoms with Gasteiger partial charge in [-0.15, -0.1) is 10.2 Å². The number of nitrogens with zero attached hydrogens (tertiary/aromatic N) is 3. The average molecular weight is 498 g/mol. The van der Waals surface area contributed by atoms with Crippen molar-refractivity contribution in [2.45, 2.75) is 38.5 Å². The van der Waals surface area contributed by atoms with Crippen LogP contribution in [-0.4, -0.2) is 46.6 Å². The molecule has 2 aromatic carbocycles. The molecule has 0 fully saturated rings. The number of hydrogen-bond acceptors (Lipinski definition) is 7. The summed E-state index contributed by atoms with van der Waals surface area (Å²) in [4.78, 5) is 25.3. The second-order valence-electron chi connectivity index (χ2n) is 8.07. The van der Waals surface area contributed by atoms with Gasteiger partial charge in [-0.25, -0.2) is 0 Å². The van der Waals surface area contributed by atoms with Crippen molar-refractivity contribution in [1.82, 2.24) is 20.1 Å². The average Bonchev–Trinajstić information content (AvgIpc) is 3.28. The van der Waals surface area contributed by atoms with Crippen molar-refractivity contribution >= 4 is 29.3 Å². The van der Waals surface area contributed by atoms with Crippen LogP contribution < -0.4 is 20.1 Å². The fourth-order valence-corrected chi connectivity index (χ4v) is 4.24. The Balaban J connectivity index is 1.68. The van der Waals surface area contributed by atoms with E-state index >= 15 is 0 Å². The van der Waals surface area contributed by atoms with Crippen LogP contribution in [0.25, 0.3) is 0 Å². The molecule has 0 saturated carbocycles. The van der Waals surface area contributed by atoms with Crippen molar-refractivity contribution in [2.75, 3.05) is 25.3 Å². The van der Waals surface area contributed by atoms with Crippen molar-refractivity contribution in [2.24, 2.45) is 5.92 Å². The number of carbonyl (C=O) groups excluding carboxylic acids is 2. The number of benzene rings is 2. The molecule has 0 aliphatic carbocycles. The lowest BCUT2D eigenvalue weighted by molar-refractivity contribution is -0.113. The molecule has 186 valence electrons. The number of rotatable bonds is 11. The molecule has 0 saturated heterocycles. The van der Waals surface area contributed by atoms with Crippen LogP contribution in [0.1, 0.15) is 43.0 Å². The summed E-state index contributed by atoms with van der Waals surface area (Å²) in [5.74, 6) is 1.95. The Hall–Kier alpha value is -3.53. The zero-order valence-electron chi connectivity index (χ0n) is 20.6. The quantitative estimate of drug-likeness (QED) is 0.383. The standard InChI is InChI=1S/C25H31N5O4S/c1-6-30-23(22(16(2)3)27-24(32)17-7-11-19(33-4)12-8-17)28-29-25(30)35-15-21(31)26-18-9-13-20(34-5)14-10-18/h7-14,16,22H,6,15H2,1-5H3,(H,26,31)(H,27,32).